The number of ether oxygens (including phenoxy) is 1. The van der Waals surface area contributed by atoms with E-state index in [-0.39, 0.29) is 30.9 Å². The number of nitrogens with zero attached hydrogens (tertiary/aromatic N) is 3. The summed E-state index contributed by atoms with van der Waals surface area (Å²) >= 11 is 0. The summed E-state index contributed by atoms with van der Waals surface area (Å²) in [6.45, 7) is 6.51. The topological polar surface area (TPSA) is 127 Å². The smallest absolute Gasteiger partial charge is 0.235 e. The molecular formula is C35H39FN6O4. The van der Waals surface area contributed by atoms with Crippen molar-refractivity contribution in [1.29, 1.82) is 0 Å². The van der Waals surface area contributed by atoms with Gasteiger partial charge in [-0.15, -0.1) is 0 Å². The van der Waals surface area contributed by atoms with E-state index in [0.717, 1.165) is 40.8 Å². The van der Waals surface area contributed by atoms with Gasteiger partial charge in [0.05, 0.1) is 17.3 Å². The minimum atomic E-state index is -1.15. The summed E-state index contributed by atoms with van der Waals surface area (Å²) in [5.74, 6) is -1.10. The maximum atomic E-state index is 14.7. The van der Waals surface area contributed by atoms with Crippen molar-refractivity contribution in [3.8, 4) is 11.1 Å². The van der Waals surface area contributed by atoms with E-state index < -0.39 is 11.2 Å². The van der Waals surface area contributed by atoms with Crippen LogP contribution in [0.15, 0.2) is 48.7 Å². The van der Waals surface area contributed by atoms with Gasteiger partial charge in [0.15, 0.2) is 5.65 Å². The van der Waals surface area contributed by atoms with Gasteiger partial charge < -0.3 is 20.7 Å². The van der Waals surface area contributed by atoms with Gasteiger partial charge in [0.25, 0.3) is 0 Å². The van der Waals surface area contributed by atoms with Crippen LogP contribution in [0.3, 0.4) is 0 Å². The average molecular weight is 627 g/mol. The zero-order valence-electron chi connectivity index (χ0n) is 26.2. The first-order chi connectivity index (χ1) is 22.4. The van der Waals surface area contributed by atoms with Crippen LogP contribution in [0.5, 0.6) is 0 Å². The van der Waals surface area contributed by atoms with Crippen LogP contribution >= 0.6 is 0 Å². The largest absolute Gasteiger partial charge is 0.381 e. The lowest BCUT2D eigenvalue weighted by atomic mass is 10.00. The lowest BCUT2D eigenvalue weighted by molar-refractivity contribution is -0.137. The highest BCUT2D eigenvalue weighted by Gasteiger charge is 2.56. The van der Waals surface area contributed by atoms with Crippen molar-refractivity contribution in [1.82, 2.24) is 25.4 Å². The summed E-state index contributed by atoms with van der Waals surface area (Å²) in [6, 6.07) is 11.5. The van der Waals surface area contributed by atoms with Crippen LogP contribution in [0.1, 0.15) is 66.7 Å². The number of amides is 2. The van der Waals surface area contributed by atoms with Gasteiger partial charge >= 0.3 is 0 Å². The minimum absolute atomic E-state index is 0.135. The van der Waals surface area contributed by atoms with Crippen molar-refractivity contribution >= 4 is 34.8 Å². The molecule has 2 fully saturated rings. The first kappa shape index (κ1) is 31.3. The van der Waals surface area contributed by atoms with E-state index in [1.807, 2.05) is 24.7 Å². The highest BCUT2D eigenvalue weighted by atomic mass is 19.1. The SMILES string of the molecule is CCc1nc2c(cnn2CC)c(NC2CCOCC2)c1CNC(=O)C1(C(=O)NCc2ccc(F)c(-c3cccc(C=O)c3)c2)CC1. The monoisotopic (exact) mass is 626 g/mol. The van der Waals surface area contributed by atoms with E-state index in [1.165, 1.54) is 6.07 Å². The van der Waals surface area contributed by atoms with Crippen molar-refractivity contribution in [2.24, 2.45) is 5.41 Å². The number of nitrogens with one attached hydrogen (secondary N) is 3. The molecule has 1 saturated carbocycles. The number of aromatic nitrogens is 3. The Morgan fingerprint density at radius 1 is 1.07 bits per heavy atom. The molecule has 2 aromatic heterocycles. The Balaban J connectivity index is 1.17. The third-order valence-corrected chi connectivity index (χ3v) is 9.04. The summed E-state index contributed by atoms with van der Waals surface area (Å²) in [6.07, 6.45) is 5.87. The molecule has 1 aliphatic heterocycles. The molecule has 0 unspecified atom stereocenters. The van der Waals surface area contributed by atoms with Crippen LogP contribution in [0.4, 0.5) is 10.1 Å². The molecule has 11 heteroatoms. The number of pyridine rings is 1. The average Bonchev–Trinajstić information content (AvgIpc) is 3.81. The number of anilines is 1. The predicted octanol–water partition coefficient (Wildman–Crippen LogP) is 4.94. The number of aldehydes is 1. The van der Waals surface area contributed by atoms with Crippen LogP contribution in [-0.2, 0) is 40.4 Å². The highest BCUT2D eigenvalue weighted by Crippen LogP contribution is 2.46. The van der Waals surface area contributed by atoms with E-state index in [4.69, 9.17) is 9.72 Å². The summed E-state index contributed by atoms with van der Waals surface area (Å²) in [7, 11) is 0. The van der Waals surface area contributed by atoms with Crippen LogP contribution < -0.4 is 16.0 Å². The van der Waals surface area contributed by atoms with Gasteiger partial charge in [-0.2, -0.15) is 5.10 Å². The minimum Gasteiger partial charge on any atom is -0.381 e. The Morgan fingerprint density at radius 3 is 2.52 bits per heavy atom. The first-order valence-corrected chi connectivity index (χ1v) is 16.0. The molecule has 46 heavy (non-hydrogen) atoms. The van der Waals surface area contributed by atoms with Crippen molar-refractivity contribution < 1.29 is 23.5 Å². The molecule has 0 bridgehead atoms. The van der Waals surface area contributed by atoms with Gasteiger partial charge in [-0.3, -0.25) is 14.4 Å². The quantitative estimate of drug-likeness (QED) is 0.150. The second-order valence-electron chi connectivity index (χ2n) is 12.0. The third-order valence-electron chi connectivity index (χ3n) is 9.04. The number of carbonyl (C=O) groups is 3. The second-order valence-corrected chi connectivity index (χ2v) is 12.0. The number of fused-ring (bicyclic) bond motifs is 1. The van der Waals surface area contributed by atoms with E-state index in [9.17, 15) is 18.8 Å². The number of carbonyl (C=O) groups excluding carboxylic acids is 3. The second kappa shape index (κ2) is 13.4. The van der Waals surface area contributed by atoms with E-state index in [1.54, 1.807) is 36.4 Å². The van der Waals surface area contributed by atoms with Crippen molar-refractivity contribution in [3.63, 3.8) is 0 Å². The molecule has 0 radical (unpaired) electrons. The van der Waals surface area contributed by atoms with Crippen molar-refractivity contribution in [2.75, 3.05) is 18.5 Å². The molecule has 4 aromatic rings. The molecule has 0 spiro atoms. The summed E-state index contributed by atoms with van der Waals surface area (Å²) in [4.78, 5) is 43.1. The maximum Gasteiger partial charge on any atom is 0.235 e. The molecular weight excluding hydrogens is 587 g/mol. The van der Waals surface area contributed by atoms with Crippen molar-refractivity contribution in [3.05, 3.63) is 76.9 Å². The zero-order valence-corrected chi connectivity index (χ0v) is 26.2. The number of rotatable bonds is 12. The fourth-order valence-corrected chi connectivity index (χ4v) is 6.16. The van der Waals surface area contributed by atoms with Gasteiger partial charge in [-0.1, -0.05) is 31.2 Å². The molecule has 2 aromatic carbocycles. The Bertz CT molecular complexity index is 1780. The number of hydrogen-bond donors (Lipinski definition) is 3. The van der Waals surface area contributed by atoms with Gasteiger partial charge in [-0.25, -0.2) is 14.1 Å². The molecule has 3 N–H and O–H groups in total. The summed E-state index contributed by atoms with van der Waals surface area (Å²) in [5, 5.41) is 15.1. The molecule has 0 atom stereocenters. The van der Waals surface area contributed by atoms with Crippen molar-refractivity contribution in [2.45, 2.75) is 71.6 Å². The number of halogens is 1. The number of benzene rings is 2. The number of aryl methyl sites for hydroxylation is 2. The van der Waals surface area contributed by atoms with Gasteiger partial charge in [0.2, 0.25) is 11.8 Å². The molecule has 240 valence electrons. The fraction of sp³-hybridized carbons (Fsp3) is 0.400. The summed E-state index contributed by atoms with van der Waals surface area (Å²) in [5.41, 5.74) is 4.39. The lowest BCUT2D eigenvalue weighted by Crippen LogP contribution is -2.42. The molecule has 3 heterocycles. The fourth-order valence-electron chi connectivity index (χ4n) is 6.16. The molecule has 1 aliphatic carbocycles. The lowest BCUT2D eigenvalue weighted by Gasteiger charge is -2.27. The zero-order chi connectivity index (χ0) is 32.3. The van der Waals surface area contributed by atoms with Gasteiger partial charge in [0.1, 0.15) is 17.5 Å². The van der Waals surface area contributed by atoms with Gasteiger partial charge in [0, 0.05) is 61.3 Å². The highest BCUT2D eigenvalue weighted by molar-refractivity contribution is 6.08. The Kier molecular flexibility index (Phi) is 9.12. The van der Waals surface area contributed by atoms with Crippen LogP contribution in [-0.4, -0.2) is 52.1 Å². The molecule has 1 saturated heterocycles. The molecule has 2 aliphatic rings. The Morgan fingerprint density at radius 2 is 1.83 bits per heavy atom. The summed E-state index contributed by atoms with van der Waals surface area (Å²) < 4.78 is 22.1. The molecule has 2 amide bonds. The van der Waals surface area contributed by atoms with Crippen LogP contribution in [0.25, 0.3) is 22.2 Å². The van der Waals surface area contributed by atoms with E-state index >= 15 is 0 Å². The van der Waals surface area contributed by atoms with Gasteiger partial charge in [-0.05, 0) is 68.4 Å². The molecule has 6 rings (SSSR count). The van der Waals surface area contributed by atoms with E-state index in [2.05, 4.69) is 21.0 Å². The molecule has 10 nitrogen and oxygen atoms in total. The van der Waals surface area contributed by atoms with E-state index in [0.29, 0.717) is 67.6 Å². The third kappa shape index (κ3) is 6.24. The Labute approximate surface area is 267 Å². The normalized spacial score (nSPS) is 15.8. The standard InChI is InChI=1S/C35H39FN6O4/c1-3-30-27(31(40-25-10-14-46-15-11-25)28-20-39-42(4-2)32(28)41-30)19-38-34(45)35(12-13-35)33(44)37-18-22-8-9-29(36)26(17-22)24-7-5-6-23(16-24)21-43/h5-9,16-17,20-21,25H,3-4,10-15,18-19H2,1-2H3,(H,37,44)(H,38,45)(H,40,41). The predicted molar refractivity (Wildman–Crippen MR) is 173 cm³/mol. The first-order valence-electron chi connectivity index (χ1n) is 16.0. The number of hydrogen-bond acceptors (Lipinski definition) is 7. The van der Waals surface area contributed by atoms with Crippen LogP contribution in [0.2, 0.25) is 0 Å². The Hall–Kier alpha value is -4.64. The maximum absolute atomic E-state index is 14.7. The van der Waals surface area contributed by atoms with Crippen LogP contribution in [0, 0.1) is 11.2 Å².